The monoisotopic (exact) mass is 549 g/mol. The number of ketones is 1. The van der Waals surface area contributed by atoms with Crippen LogP contribution in [-0.2, 0) is 9.59 Å². The number of anilines is 2. The van der Waals surface area contributed by atoms with Crippen LogP contribution in [0.15, 0.2) is 68.9 Å². The van der Waals surface area contributed by atoms with Crippen molar-refractivity contribution >= 4 is 56.4 Å². The fraction of sp³-hybridized carbons (Fsp3) is 0.280. The number of nitrogens with one attached hydrogen (secondary N) is 1. The molecule has 1 aromatic carbocycles. The van der Waals surface area contributed by atoms with Gasteiger partial charge in [0.25, 0.3) is 0 Å². The molecule has 12 heteroatoms. The van der Waals surface area contributed by atoms with Gasteiger partial charge in [0.1, 0.15) is 5.82 Å². The van der Waals surface area contributed by atoms with Gasteiger partial charge in [0.15, 0.2) is 15.3 Å². The van der Waals surface area contributed by atoms with Crippen LogP contribution in [0.25, 0.3) is 0 Å². The summed E-state index contributed by atoms with van der Waals surface area (Å²) in [6.45, 7) is 4.10. The highest BCUT2D eigenvalue weighted by Crippen LogP contribution is 2.50. The van der Waals surface area contributed by atoms with Gasteiger partial charge in [-0.2, -0.15) is 5.26 Å². The highest BCUT2D eigenvalue weighted by Gasteiger charge is 2.45. The number of rotatable bonds is 6. The van der Waals surface area contributed by atoms with Gasteiger partial charge in [-0.3, -0.25) is 14.5 Å². The molecule has 37 heavy (non-hydrogen) atoms. The second-order valence-corrected chi connectivity index (χ2v) is 12.5. The van der Waals surface area contributed by atoms with E-state index in [0.29, 0.717) is 38.6 Å². The summed E-state index contributed by atoms with van der Waals surface area (Å²) in [6.07, 6.45) is 2.60. The third-order valence-corrected chi connectivity index (χ3v) is 8.84. The molecule has 1 unspecified atom stereocenters. The van der Waals surface area contributed by atoms with Crippen LogP contribution < -0.4 is 16.0 Å². The second-order valence-electron chi connectivity index (χ2n) is 9.42. The summed E-state index contributed by atoms with van der Waals surface area (Å²) in [6, 6.07) is 11.8. The number of thioether (sulfide) groups is 1. The Morgan fingerprint density at radius 3 is 2.78 bits per heavy atom. The van der Waals surface area contributed by atoms with Crippen LogP contribution in [0.2, 0.25) is 0 Å². The first-order valence-corrected chi connectivity index (χ1v) is 14.1. The van der Waals surface area contributed by atoms with Crippen LogP contribution in [0, 0.1) is 16.7 Å². The van der Waals surface area contributed by atoms with Crippen molar-refractivity contribution in [2.45, 2.75) is 36.9 Å². The normalized spacial score (nSPS) is 19.0. The van der Waals surface area contributed by atoms with Gasteiger partial charge in [0.05, 0.1) is 23.3 Å². The Labute approximate surface area is 226 Å². The first-order valence-electron chi connectivity index (χ1n) is 11.4. The fourth-order valence-electron chi connectivity index (χ4n) is 4.63. The Bertz CT molecular complexity index is 1450. The molecule has 9 nitrogen and oxygen atoms in total. The number of benzene rings is 1. The lowest BCUT2D eigenvalue weighted by molar-refractivity contribution is -0.118. The topological polar surface area (TPSA) is 138 Å². The molecular weight excluding hydrogens is 527 g/mol. The van der Waals surface area contributed by atoms with E-state index in [9.17, 15) is 14.9 Å². The maximum absolute atomic E-state index is 13.5. The van der Waals surface area contributed by atoms with E-state index in [-0.39, 0.29) is 28.7 Å². The van der Waals surface area contributed by atoms with Crippen LogP contribution in [-0.4, -0.2) is 32.6 Å². The van der Waals surface area contributed by atoms with E-state index < -0.39 is 5.92 Å². The maximum atomic E-state index is 13.5. The van der Waals surface area contributed by atoms with E-state index in [2.05, 4.69) is 26.6 Å². The quantitative estimate of drug-likeness (QED) is 0.420. The Morgan fingerprint density at radius 2 is 2.08 bits per heavy atom. The predicted molar refractivity (Wildman–Crippen MR) is 145 cm³/mol. The van der Waals surface area contributed by atoms with E-state index in [4.69, 9.17) is 5.73 Å². The van der Waals surface area contributed by atoms with Crippen molar-refractivity contribution < 1.29 is 9.59 Å². The smallest absolute Gasteiger partial charge is 0.236 e. The molecule has 3 N–H and O–H groups in total. The molecule has 0 spiro atoms. The molecule has 1 atom stereocenters. The Kier molecular flexibility index (Phi) is 6.85. The molecule has 0 bridgehead atoms. The van der Waals surface area contributed by atoms with Crippen molar-refractivity contribution in [3.05, 3.63) is 70.1 Å². The number of Topliss-reactive ketones (excluding diaryl/α,β-unsaturated/α-hetero) is 1. The molecule has 3 heterocycles. The number of hydrogen-bond acceptors (Lipinski definition) is 11. The minimum atomic E-state index is -0.530. The Balaban J connectivity index is 1.49. The maximum Gasteiger partial charge on any atom is 0.236 e. The molecule has 5 rings (SSSR count). The number of nitrogens with zero attached hydrogens (tertiary/aromatic N) is 5. The molecule has 0 saturated carbocycles. The molecule has 0 fully saturated rings. The van der Waals surface area contributed by atoms with Crippen LogP contribution >= 0.6 is 34.4 Å². The molecule has 1 aliphatic heterocycles. The van der Waals surface area contributed by atoms with Gasteiger partial charge in [-0.05, 0) is 17.4 Å². The first kappa shape index (κ1) is 25.1. The van der Waals surface area contributed by atoms with Crippen molar-refractivity contribution in [3.63, 3.8) is 0 Å². The fourth-order valence-corrected chi connectivity index (χ4v) is 6.85. The standard InChI is InChI=1S/C25H23N7O2S3/c1-25(2)10-16-20(17(33)11-25)19(14-6-4-3-5-7-14)15(12-26)21(27)32(16)23-30-31-24(37-23)36-13-18(34)29-22-28-8-9-35-22/h3-9,19H,10-11,13,27H2,1-2H3,(H,28,29,34). The molecule has 188 valence electrons. The molecular formula is C25H23N7O2S3. The van der Waals surface area contributed by atoms with E-state index in [1.807, 2.05) is 44.2 Å². The van der Waals surface area contributed by atoms with Crippen LogP contribution in [0.5, 0.6) is 0 Å². The number of nitriles is 1. The first-order chi connectivity index (χ1) is 17.8. The highest BCUT2D eigenvalue weighted by molar-refractivity contribution is 8.01. The third kappa shape index (κ3) is 5.02. The van der Waals surface area contributed by atoms with Crippen LogP contribution in [0.4, 0.5) is 10.3 Å². The average molecular weight is 550 g/mol. The number of amides is 1. The number of hydrogen-bond donors (Lipinski definition) is 2. The van der Waals surface area contributed by atoms with Gasteiger partial charge in [-0.25, -0.2) is 4.98 Å². The molecule has 2 aromatic heterocycles. The van der Waals surface area contributed by atoms with Crippen molar-refractivity contribution in [1.29, 1.82) is 5.26 Å². The summed E-state index contributed by atoms with van der Waals surface area (Å²) in [5.41, 5.74) is 8.86. The third-order valence-electron chi connectivity index (χ3n) is 6.11. The number of allylic oxidation sites excluding steroid dienone is 3. The average Bonchev–Trinajstić information content (AvgIpc) is 3.54. The van der Waals surface area contributed by atoms with Crippen molar-refractivity contribution in [2.24, 2.45) is 11.1 Å². The van der Waals surface area contributed by atoms with E-state index in [1.54, 1.807) is 16.5 Å². The van der Waals surface area contributed by atoms with Gasteiger partial charge in [-0.1, -0.05) is 67.3 Å². The van der Waals surface area contributed by atoms with Crippen molar-refractivity contribution in [1.82, 2.24) is 15.2 Å². The Morgan fingerprint density at radius 1 is 1.30 bits per heavy atom. The van der Waals surface area contributed by atoms with E-state index >= 15 is 0 Å². The molecule has 3 aromatic rings. The zero-order chi connectivity index (χ0) is 26.2. The van der Waals surface area contributed by atoms with Gasteiger partial charge in [0, 0.05) is 29.3 Å². The SMILES string of the molecule is CC1(C)CC(=O)C2=C(C1)N(c1nnc(SCC(=O)Nc3nccs3)s1)C(N)=C(C#N)C2c1ccccc1. The van der Waals surface area contributed by atoms with Gasteiger partial charge in [-0.15, -0.1) is 21.5 Å². The summed E-state index contributed by atoms with van der Waals surface area (Å²) in [4.78, 5) is 31.6. The molecule has 1 aliphatic carbocycles. The Hall–Kier alpha value is -3.53. The zero-order valence-corrected chi connectivity index (χ0v) is 22.5. The number of carbonyl (C=O) groups excluding carboxylic acids is 2. The summed E-state index contributed by atoms with van der Waals surface area (Å²) < 4.78 is 0.573. The zero-order valence-electron chi connectivity index (χ0n) is 20.1. The molecule has 0 saturated heterocycles. The summed E-state index contributed by atoms with van der Waals surface area (Å²) in [5, 5.41) is 24.3. The summed E-state index contributed by atoms with van der Waals surface area (Å²) in [5.74, 6) is -0.342. The minimum absolute atomic E-state index is 0.00308. The van der Waals surface area contributed by atoms with E-state index in [1.165, 1.54) is 34.4 Å². The lowest BCUT2D eigenvalue weighted by atomic mass is 9.69. The highest BCUT2D eigenvalue weighted by atomic mass is 32.2. The number of aromatic nitrogens is 3. The van der Waals surface area contributed by atoms with Crippen molar-refractivity contribution in [3.8, 4) is 6.07 Å². The van der Waals surface area contributed by atoms with Crippen LogP contribution in [0.1, 0.15) is 38.2 Å². The molecule has 1 amide bonds. The number of thiazole rings is 1. The number of carbonyl (C=O) groups is 2. The van der Waals surface area contributed by atoms with Gasteiger partial charge >= 0.3 is 0 Å². The van der Waals surface area contributed by atoms with Crippen LogP contribution in [0.3, 0.4) is 0 Å². The largest absolute Gasteiger partial charge is 0.384 e. The number of nitrogens with two attached hydrogens (primary N) is 1. The van der Waals surface area contributed by atoms with E-state index in [0.717, 1.165) is 11.3 Å². The second kappa shape index (κ2) is 10.1. The summed E-state index contributed by atoms with van der Waals surface area (Å²) >= 11 is 3.86. The van der Waals surface area contributed by atoms with Crippen molar-refractivity contribution in [2.75, 3.05) is 16.0 Å². The molecule has 2 aliphatic rings. The lowest BCUT2D eigenvalue weighted by Gasteiger charge is -2.42. The molecule has 0 radical (unpaired) electrons. The minimum Gasteiger partial charge on any atom is -0.384 e. The summed E-state index contributed by atoms with van der Waals surface area (Å²) in [7, 11) is 0. The predicted octanol–water partition coefficient (Wildman–Crippen LogP) is 4.67. The van der Waals surface area contributed by atoms with Gasteiger partial charge < -0.3 is 11.1 Å². The lowest BCUT2D eigenvalue weighted by Crippen LogP contribution is -2.42. The van der Waals surface area contributed by atoms with Gasteiger partial charge in [0.2, 0.25) is 11.0 Å².